The molecule has 0 saturated heterocycles. The van der Waals surface area contributed by atoms with Crippen molar-refractivity contribution in [3.05, 3.63) is 43.1 Å². The van der Waals surface area contributed by atoms with E-state index in [1.54, 1.807) is 6.66 Å². The molecular weight excluding hydrogens is 334 g/mol. The molecule has 0 amide bonds. The summed E-state index contributed by atoms with van der Waals surface area (Å²) in [5, 5.41) is 0. The molecule has 0 heterocycles. The molecule has 62 valence electrons. The van der Waals surface area contributed by atoms with E-state index in [0.29, 0.717) is 0 Å². The number of hydrogen-bond donors (Lipinski definition) is 0. The van der Waals surface area contributed by atoms with Gasteiger partial charge in [-0.3, -0.25) is 0 Å². The van der Waals surface area contributed by atoms with Crippen molar-refractivity contribution in [2.45, 2.75) is 12.8 Å². The topological polar surface area (TPSA) is 0 Å². The van der Waals surface area contributed by atoms with Crippen molar-refractivity contribution in [3.63, 3.8) is 0 Å². The molecule has 2 rings (SSSR count). The van der Waals surface area contributed by atoms with Crippen LogP contribution in [-0.4, -0.2) is 0 Å². The summed E-state index contributed by atoms with van der Waals surface area (Å²) in [4.78, 5) is 0. The first-order chi connectivity index (χ1) is 5.45. The molecule has 0 fully saturated rings. The van der Waals surface area contributed by atoms with E-state index in [9.17, 15) is 0 Å². The van der Waals surface area contributed by atoms with Gasteiger partial charge in [-0.2, -0.15) is 0 Å². The molecule has 0 aromatic carbocycles. The number of halogens is 1. The minimum atomic E-state index is -0.526. The van der Waals surface area contributed by atoms with Gasteiger partial charge in [-0.25, -0.2) is 0 Å². The van der Waals surface area contributed by atoms with Gasteiger partial charge in [0.25, 0.3) is 0 Å². The molecule has 0 nitrogen and oxygen atoms in total. The third kappa shape index (κ3) is 2.56. The van der Waals surface area contributed by atoms with Gasteiger partial charge in [0, 0.05) is 0 Å². The molecule has 0 spiro atoms. The molecule has 0 saturated carbocycles. The second kappa shape index (κ2) is 4.98. The van der Waals surface area contributed by atoms with Crippen molar-refractivity contribution >= 4 is 0 Å². The maximum atomic E-state index is 2.32. The van der Waals surface area contributed by atoms with Crippen LogP contribution in [0.15, 0.2) is 43.1 Å². The Balaban J connectivity index is 0.000000720. The van der Waals surface area contributed by atoms with Crippen LogP contribution < -0.4 is 12.4 Å². The van der Waals surface area contributed by atoms with Gasteiger partial charge in [0.05, 0.1) is 0 Å². The quantitative estimate of drug-likeness (QED) is 0.612. The molecule has 12 heavy (non-hydrogen) atoms. The molecule has 0 N–H and O–H groups in total. The van der Waals surface area contributed by atoms with E-state index in [1.807, 2.05) is 0 Å². The summed E-state index contributed by atoms with van der Waals surface area (Å²) < 4.78 is 3.50. The number of rotatable bonds is 2. The van der Waals surface area contributed by atoms with Crippen LogP contribution in [0.1, 0.15) is 14.3 Å². The van der Waals surface area contributed by atoms with Gasteiger partial charge in [0.2, 0.25) is 0 Å². The summed E-state index contributed by atoms with van der Waals surface area (Å²) in [5.74, 6) is 0. The zero-order chi connectivity index (χ0) is 7.52. The Kier molecular flexibility index (Phi) is 4.24. The van der Waals surface area contributed by atoms with Crippen LogP contribution in [-0.2, 0) is 22.9 Å². The van der Waals surface area contributed by atoms with Gasteiger partial charge in [-0.15, -0.1) is 0 Å². The van der Waals surface area contributed by atoms with E-state index >= 15 is 0 Å². The van der Waals surface area contributed by atoms with Crippen molar-refractivity contribution in [2.75, 3.05) is 0 Å². The second-order valence-electron chi connectivity index (χ2n) is 2.77. The van der Waals surface area contributed by atoms with Crippen molar-refractivity contribution < 1.29 is 36.7 Å². The van der Waals surface area contributed by atoms with E-state index in [2.05, 4.69) is 36.5 Å². The third-order valence-corrected chi connectivity index (χ3v) is 6.84. The monoisotopic (exact) mass is 346 g/mol. The van der Waals surface area contributed by atoms with Crippen LogP contribution in [0, 0.1) is 0 Å². The minimum Gasteiger partial charge on any atom is -1.00 e. The number of hydrogen-bond acceptors (Lipinski definition) is 0. The summed E-state index contributed by atoms with van der Waals surface area (Å²) in [6, 6.07) is 0. The fraction of sp³-hybridized carbons (Fsp3) is 0.200. The first-order valence-corrected chi connectivity index (χ1v) is 7.53. The molecule has 0 bridgehead atoms. The van der Waals surface area contributed by atoms with Crippen LogP contribution in [0.4, 0.5) is 0 Å². The Morgan fingerprint density at radius 2 is 1.50 bits per heavy atom. The largest absolute Gasteiger partial charge is 1.00 e. The SMILES string of the molecule is C1=CC[C]([Hf+2][C]2=CC=CC2)=C1.[Cl-].[H-]. The molecule has 2 aliphatic carbocycles. The average molecular weight is 345 g/mol. The van der Waals surface area contributed by atoms with E-state index < -0.39 is 22.9 Å². The van der Waals surface area contributed by atoms with Crippen molar-refractivity contribution in [3.8, 4) is 0 Å². The van der Waals surface area contributed by atoms with Gasteiger partial charge in [0.15, 0.2) is 0 Å². The van der Waals surface area contributed by atoms with Gasteiger partial charge in [-0.1, -0.05) is 0 Å². The fourth-order valence-electron chi connectivity index (χ4n) is 1.29. The predicted octanol–water partition coefficient (Wildman–Crippen LogP) is -0.127. The molecule has 2 heteroatoms. The maximum Gasteiger partial charge on any atom is -1.00 e. The Morgan fingerprint density at radius 3 is 1.83 bits per heavy atom. The predicted molar refractivity (Wildman–Crippen MR) is 44.8 cm³/mol. The minimum absolute atomic E-state index is 0. The fourth-order valence-corrected chi connectivity index (χ4v) is 5.64. The molecule has 0 aliphatic heterocycles. The Hall–Kier alpha value is 0.120. The zero-order valence-electron chi connectivity index (χ0n) is 7.76. The zero-order valence-corrected chi connectivity index (χ0v) is 11.1. The van der Waals surface area contributed by atoms with Crippen LogP contribution in [0.5, 0.6) is 0 Å². The van der Waals surface area contributed by atoms with Crippen LogP contribution in [0.2, 0.25) is 0 Å². The standard InChI is InChI=1S/2C5H5.ClH.Hf.H/c2*1-2-4-5-3-1;;;/h2*1-3H,4H2;1H;;/q;;;+2;-1/p-1. The smallest absolute Gasteiger partial charge is 1.00 e. The summed E-state index contributed by atoms with van der Waals surface area (Å²) in [5.41, 5.74) is 0. The summed E-state index contributed by atoms with van der Waals surface area (Å²) in [6.07, 6.45) is 16.1. The van der Waals surface area contributed by atoms with Gasteiger partial charge in [0.1, 0.15) is 0 Å². The molecule has 0 aromatic heterocycles. The molecule has 2 aliphatic rings. The van der Waals surface area contributed by atoms with Crippen molar-refractivity contribution in [1.29, 1.82) is 0 Å². The normalized spacial score (nSPS) is 18.3. The third-order valence-electron chi connectivity index (χ3n) is 1.86. The van der Waals surface area contributed by atoms with E-state index in [-0.39, 0.29) is 13.8 Å². The van der Waals surface area contributed by atoms with E-state index in [1.165, 1.54) is 12.8 Å². The van der Waals surface area contributed by atoms with E-state index in [0.717, 1.165) is 0 Å². The summed E-state index contributed by atoms with van der Waals surface area (Å²) in [7, 11) is 0. The summed E-state index contributed by atoms with van der Waals surface area (Å²) in [6.45, 7) is 0. The van der Waals surface area contributed by atoms with Gasteiger partial charge >= 0.3 is 78.9 Å². The van der Waals surface area contributed by atoms with Gasteiger partial charge < -0.3 is 13.8 Å². The van der Waals surface area contributed by atoms with Crippen LogP contribution >= 0.6 is 0 Å². The molecule has 0 unspecified atom stereocenters. The molecule has 0 atom stereocenters. The maximum absolute atomic E-state index is 2.32. The van der Waals surface area contributed by atoms with Crippen LogP contribution in [0.25, 0.3) is 0 Å². The van der Waals surface area contributed by atoms with Crippen molar-refractivity contribution in [1.82, 2.24) is 0 Å². The molecule has 0 radical (unpaired) electrons. The summed E-state index contributed by atoms with van der Waals surface area (Å²) >= 11 is -0.526. The number of allylic oxidation sites excluding steroid dienone is 8. The Labute approximate surface area is 92.4 Å². The Bertz CT molecular complexity index is 249. The average Bonchev–Trinajstić information content (AvgIpc) is 2.60. The van der Waals surface area contributed by atoms with Crippen molar-refractivity contribution in [2.24, 2.45) is 0 Å². The van der Waals surface area contributed by atoms with Crippen LogP contribution in [0.3, 0.4) is 0 Å². The molecule has 0 aromatic rings. The second-order valence-corrected chi connectivity index (χ2v) is 8.29. The first-order valence-electron chi connectivity index (χ1n) is 3.93. The Morgan fingerprint density at radius 1 is 1.00 bits per heavy atom. The van der Waals surface area contributed by atoms with E-state index in [4.69, 9.17) is 0 Å². The van der Waals surface area contributed by atoms with Gasteiger partial charge in [-0.05, 0) is 0 Å². The first kappa shape index (κ1) is 10.2. The molecular formula is C10H11ClHf.